The molecule has 0 radical (unpaired) electrons. The van der Waals surface area contributed by atoms with Crippen LogP contribution < -0.4 is 5.73 Å². The minimum atomic E-state index is -1.50. The molecule has 1 nitrogen and oxygen atoms in total. The van der Waals surface area contributed by atoms with E-state index in [1.54, 1.807) is 0 Å². The van der Waals surface area contributed by atoms with E-state index in [2.05, 4.69) is 6.58 Å². The molecule has 78 valence electrons. The number of rotatable bonds is 2. The first-order valence-electron chi connectivity index (χ1n) is 3.59. The van der Waals surface area contributed by atoms with Crippen molar-refractivity contribution in [3.05, 3.63) is 47.8 Å². The van der Waals surface area contributed by atoms with Crippen LogP contribution in [0.3, 0.4) is 0 Å². The fraction of sp³-hybridized carbons (Fsp3) is 0.111. The fourth-order valence-corrected chi connectivity index (χ4v) is 0.925. The average Bonchev–Trinajstić information content (AvgIpc) is 2.13. The SMILES string of the molecule is C=C[C@@H](N)c1ccc(F)c(F)c1F.Cl. The Bertz CT molecular complexity index is 341. The van der Waals surface area contributed by atoms with Crippen molar-refractivity contribution in [3.63, 3.8) is 0 Å². The minimum Gasteiger partial charge on any atom is -0.321 e. The first kappa shape index (κ1) is 13.0. The lowest BCUT2D eigenvalue weighted by molar-refractivity contribution is 0.439. The van der Waals surface area contributed by atoms with Crippen molar-refractivity contribution in [3.8, 4) is 0 Å². The first-order valence-corrected chi connectivity index (χ1v) is 3.59. The van der Waals surface area contributed by atoms with Gasteiger partial charge in [0.1, 0.15) is 0 Å². The highest BCUT2D eigenvalue weighted by molar-refractivity contribution is 5.85. The second kappa shape index (κ2) is 5.02. The molecule has 2 N–H and O–H groups in total. The van der Waals surface area contributed by atoms with Crippen LogP contribution in [0.15, 0.2) is 24.8 Å². The first-order chi connectivity index (χ1) is 6.07. The van der Waals surface area contributed by atoms with Crippen LogP contribution in [0.1, 0.15) is 11.6 Å². The van der Waals surface area contributed by atoms with Crippen molar-refractivity contribution in [2.24, 2.45) is 5.73 Å². The average molecular weight is 224 g/mol. The third-order valence-electron chi connectivity index (χ3n) is 1.68. The maximum atomic E-state index is 13.0. The predicted octanol–water partition coefficient (Wildman–Crippen LogP) is 2.71. The molecule has 1 aromatic carbocycles. The highest BCUT2D eigenvalue weighted by Crippen LogP contribution is 2.20. The van der Waals surface area contributed by atoms with E-state index >= 15 is 0 Å². The summed E-state index contributed by atoms with van der Waals surface area (Å²) in [6.45, 7) is 3.32. The molecule has 0 unspecified atom stereocenters. The molecule has 0 aliphatic carbocycles. The summed E-state index contributed by atoms with van der Waals surface area (Å²) in [6, 6.07) is 1.10. The molecule has 0 aromatic heterocycles. The number of hydrogen-bond acceptors (Lipinski definition) is 1. The Morgan fingerprint density at radius 3 is 2.29 bits per heavy atom. The molecule has 0 spiro atoms. The second-order valence-electron chi connectivity index (χ2n) is 2.53. The zero-order chi connectivity index (χ0) is 10.0. The lowest BCUT2D eigenvalue weighted by Crippen LogP contribution is -2.10. The third-order valence-corrected chi connectivity index (χ3v) is 1.68. The van der Waals surface area contributed by atoms with E-state index in [0.29, 0.717) is 0 Å². The van der Waals surface area contributed by atoms with Crippen molar-refractivity contribution >= 4 is 12.4 Å². The summed E-state index contributed by atoms with van der Waals surface area (Å²) in [5.41, 5.74) is 5.26. The van der Waals surface area contributed by atoms with Crippen LogP contribution in [-0.2, 0) is 0 Å². The zero-order valence-corrected chi connectivity index (χ0v) is 7.95. The lowest BCUT2D eigenvalue weighted by Gasteiger charge is -2.08. The Kier molecular flexibility index (Phi) is 4.67. The molecule has 1 rings (SSSR count). The Labute approximate surface area is 85.8 Å². The highest BCUT2D eigenvalue weighted by atomic mass is 35.5. The van der Waals surface area contributed by atoms with Crippen LogP contribution in [0, 0.1) is 17.5 Å². The fourth-order valence-electron chi connectivity index (χ4n) is 0.925. The lowest BCUT2D eigenvalue weighted by atomic mass is 10.1. The monoisotopic (exact) mass is 223 g/mol. The number of benzene rings is 1. The molecule has 0 saturated heterocycles. The Morgan fingerprint density at radius 2 is 1.79 bits per heavy atom. The van der Waals surface area contributed by atoms with Crippen LogP contribution in [0.5, 0.6) is 0 Å². The van der Waals surface area contributed by atoms with Crippen LogP contribution in [-0.4, -0.2) is 0 Å². The van der Waals surface area contributed by atoms with Gasteiger partial charge in [-0.05, 0) is 6.07 Å². The van der Waals surface area contributed by atoms with Gasteiger partial charge in [0.2, 0.25) is 0 Å². The van der Waals surface area contributed by atoms with Gasteiger partial charge in [-0.1, -0.05) is 12.1 Å². The minimum absolute atomic E-state index is 0. The second-order valence-corrected chi connectivity index (χ2v) is 2.53. The summed E-state index contributed by atoms with van der Waals surface area (Å²) in [4.78, 5) is 0. The molecule has 0 bridgehead atoms. The van der Waals surface area contributed by atoms with Gasteiger partial charge in [0.25, 0.3) is 0 Å². The van der Waals surface area contributed by atoms with Gasteiger partial charge in [-0.3, -0.25) is 0 Å². The largest absolute Gasteiger partial charge is 0.321 e. The Hall–Kier alpha value is -1.00. The van der Waals surface area contributed by atoms with Crippen LogP contribution in [0.25, 0.3) is 0 Å². The number of halogens is 4. The van der Waals surface area contributed by atoms with Gasteiger partial charge in [-0.2, -0.15) is 0 Å². The molecule has 0 aliphatic heterocycles. The van der Waals surface area contributed by atoms with Gasteiger partial charge in [0.05, 0.1) is 6.04 Å². The Morgan fingerprint density at radius 1 is 1.21 bits per heavy atom. The predicted molar refractivity (Wildman–Crippen MR) is 50.7 cm³/mol. The van der Waals surface area contributed by atoms with Gasteiger partial charge >= 0.3 is 0 Å². The van der Waals surface area contributed by atoms with Crippen molar-refractivity contribution in [2.75, 3.05) is 0 Å². The van der Waals surface area contributed by atoms with Gasteiger partial charge in [-0.25, -0.2) is 13.2 Å². The standard InChI is InChI=1S/C9H8F3N.ClH/c1-2-7(13)5-3-4-6(10)9(12)8(5)11;/h2-4,7H,1,13H2;1H/t7-;/m1./s1. The summed E-state index contributed by atoms with van der Waals surface area (Å²) in [6.07, 6.45) is 1.25. The van der Waals surface area contributed by atoms with E-state index in [0.717, 1.165) is 12.1 Å². The topological polar surface area (TPSA) is 26.0 Å². The molecule has 5 heteroatoms. The summed E-state index contributed by atoms with van der Waals surface area (Å²) >= 11 is 0. The Balaban J connectivity index is 0.00000169. The molecule has 0 aliphatic rings. The molecule has 0 heterocycles. The van der Waals surface area contributed by atoms with E-state index in [9.17, 15) is 13.2 Å². The van der Waals surface area contributed by atoms with Crippen molar-refractivity contribution in [1.82, 2.24) is 0 Å². The van der Waals surface area contributed by atoms with Gasteiger partial charge in [0.15, 0.2) is 17.5 Å². The number of nitrogens with two attached hydrogens (primary N) is 1. The van der Waals surface area contributed by atoms with Crippen LogP contribution >= 0.6 is 12.4 Å². The molecule has 0 saturated carbocycles. The van der Waals surface area contributed by atoms with Crippen molar-refractivity contribution in [2.45, 2.75) is 6.04 Å². The van der Waals surface area contributed by atoms with E-state index in [-0.39, 0.29) is 18.0 Å². The van der Waals surface area contributed by atoms with Crippen LogP contribution in [0.2, 0.25) is 0 Å². The van der Waals surface area contributed by atoms with Gasteiger partial charge in [-0.15, -0.1) is 19.0 Å². The highest BCUT2D eigenvalue weighted by Gasteiger charge is 2.15. The van der Waals surface area contributed by atoms with Crippen molar-refractivity contribution < 1.29 is 13.2 Å². The molecule has 1 aromatic rings. The summed E-state index contributed by atoms with van der Waals surface area (Å²) in [5, 5.41) is 0. The molecular formula is C9H9ClF3N. The van der Waals surface area contributed by atoms with Crippen LogP contribution in [0.4, 0.5) is 13.2 Å². The molecule has 1 atom stereocenters. The molecular weight excluding hydrogens is 215 g/mol. The van der Waals surface area contributed by atoms with Gasteiger partial charge < -0.3 is 5.73 Å². The van der Waals surface area contributed by atoms with E-state index in [1.165, 1.54) is 6.08 Å². The van der Waals surface area contributed by atoms with Gasteiger partial charge in [0, 0.05) is 5.56 Å². The zero-order valence-electron chi connectivity index (χ0n) is 7.14. The molecule has 0 fully saturated rings. The van der Waals surface area contributed by atoms with E-state index < -0.39 is 23.5 Å². The van der Waals surface area contributed by atoms with E-state index in [1.807, 2.05) is 0 Å². The summed E-state index contributed by atoms with van der Waals surface area (Å²) in [7, 11) is 0. The maximum Gasteiger partial charge on any atom is 0.194 e. The summed E-state index contributed by atoms with van der Waals surface area (Å²) in [5.74, 6) is -3.99. The normalized spacial score (nSPS) is 11.7. The number of hydrogen-bond donors (Lipinski definition) is 1. The van der Waals surface area contributed by atoms with E-state index in [4.69, 9.17) is 5.73 Å². The smallest absolute Gasteiger partial charge is 0.194 e. The van der Waals surface area contributed by atoms with Crippen molar-refractivity contribution in [1.29, 1.82) is 0 Å². The maximum absolute atomic E-state index is 13.0. The summed E-state index contributed by atoms with van der Waals surface area (Å²) < 4.78 is 38.1. The quantitative estimate of drug-likeness (QED) is 0.606. The molecule has 14 heavy (non-hydrogen) atoms. The molecule has 0 amide bonds. The third kappa shape index (κ3) is 2.27.